The molecule has 0 aliphatic heterocycles. The Hall–Kier alpha value is -2.66. The smallest absolute Gasteiger partial charge is 0.264 e. The Labute approximate surface area is 174 Å². The van der Waals surface area contributed by atoms with E-state index in [1.807, 2.05) is 84.6 Å². The van der Waals surface area contributed by atoms with Gasteiger partial charge in [-0.15, -0.1) is 0 Å². The van der Waals surface area contributed by atoms with E-state index in [1.54, 1.807) is 13.1 Å². The number of ether oxygens (including phenoxy) is 1. The standard InChI is InChI=1S/C23H23BrN2O2/c1-17(21-13-8-9-15-25-21)26(16-19-10-4-3-5-11-19)23(27)18(2)28-22-14-7-6-12-20(22)24/h3-15,17-18H,16H2,1-2H3. The minimum atomic E-state index is -0.631. The molecule has 0 fully saturated rings. The molecular formula is C23H23BrN2O2. The maximum atomic E-state index is 13.3. The highest BCUT2D eigenvalue weighted by molar-refractivity contribution is 9.10. The first-order chi connectivity index (χ1) is 13.6. The Kier molecular flexibility index (Phi) is 6.82. The van der Waals surface area contributed by atoms with E-state index in [9.17, 15) is 4.79 Å². The Morgan fingerprint density at radius 3 is 2.36 bits per heavy atom. The third-order valence-electron chi connectivity index (χ3n) is 4.55. The molecule has 5 heteroatoms. The number of carbonyl (C=O) groups is 1. The lowest BCUT2D eigenvalue weighted by atomic mass is 10.1. The van der Waals surface area contributed by atoms with Gasteiger partial charge in [-0.25, -0.2) is 0 Å². The molecule has 28 heavy (non-hydrogen) atoms. The molecule has 4 nitrogen and oxygen atoms in total. The number of carbonyl (C=O) groups excluding carboxylic acids is 1. The van der Waals surface area contributed by atoms with E-state index in [4.69, 9.17) is 4.74 Å². The van der Waals surface area contributed by atoms with Crippen molar-refractivity contribution in [2.24, 2.45) is 0 Å². The van der Waals surface area contributed by atoms with Gasteiger partial charge in [-0.05, 0) is 59.6 Å². The summed E-state index contributed by atoms with van der Waals surface area (Å²) in [6, 6.07) is 23.1. The zero-order chi connectivity index (χ0) is 19.9. The van der Waals surface area contributed by atoms with Crippen LogP contribution in [-0.4, -0.2) is 21.9 Å². The average molecular weight is 439 g/mol. The first-order valence-corrected chi connectivity index (χ1v) is 10.0. The second kappa shape index (κ2) is 9.51. The van der Waals surface area contributed by atoms with Crippen molar-refractivity contribution in [3.8, 4) is 5.75 Å². The van der Waals surface area contributed by atoms with Gasteiger partial charge in [-0.2, -0.15) is 0 Å². The molecular weight excluding hydrogens is 416 g/mol. The molecule has 0 saturated carbocycles. The predicted octanol–water partition coefficient (Wildman–Crippen LogP) is 5.40. The molecule has 2 aromatic carbocycles. The minimum Gasteiger partial charge on any atom is -0.480 e. The quantitative estimate of drug-likeness (QED) is 0.495. The Balaban J connectivity index is 1.84. The van der Waals surface area contributed by atoms with Crippen molar-refractivity contribution < 1.29 is 9.53 Å². The monoisotopic (exact) mass is 438 g/mol. The van der Waals surface area contributed by atoms with Crippen LogP contribution in [0.1, 0.15) is 31.1 Å². The highest BCUT2D eigenvalue weighted by Crippen LogP contribution is 2.27. The van der Waals surface area contributed by atoms with Crippen molar-refractivity contribution in [2.45, 2.75) is 32.5 Å². The van der Waals surface area contributed by atoms with Crippen LogP contribution in [0.4, 0.5) is 0 Å². The molecule has 1 heterocycles. The van der Waals surface area contributed by atoms with Gasteiger partial charge < -0.3 is 9.64 Å². The van der Waals surface area contributed by atoms with E-state index in [2.05, 4.69) is 20.9 Å². The average Bonchev–Trinajstić information content (AvgIpc) is 2.74. The first-order valence-electron chi connectivity index (χ1n) is 9.23. The van der Waals surface area contributed by atoms with Crippen molar-refractivity contribution in [3.05, 3.63) is 94.7 Å². The van der Waals surface area contributed by atoms with Crippen LogP contribution >= 0.6 is 15.9 Å². The normalized spacial score (nSPS) is 12.8. The van der Waals surface area contributed by atoms with Gasteiger partial charge >= 0.3 is 0 Å². The molecule has 0 N–H and O–H groups in total. The van der Waals surface area contributed by atoms with Gasteiger partial charge in [0.2, 0.25) is 0 Å². The van der Waals surface area contributed by atoms with Crippen LogP contribution in [0, 0.1) is 0 Å². The molecule has 2 unspecified atom stereocenters. The van der Waals surface area contributed by atoms with Gasteiger partial charge in [-0.1, -0.05) is 48.5 Å². The van der Waals surface area contributed by atoms with Gasteiger partial charge in [0, 0.05) is 12.7 Å². The van der Waals surface area contributed by atoms with Crippen LogP contribution < -0.4 is 4.74 Å². The van der Waals surface area contributed by atoms with Crippen molar-refractivity contribution in [1.29, 1.82) is 0 Å². The SMILES string of the molecule is CC(Oc1ccccc1Br)C(=O)N(Cc1ccccc1)C(C)c1ccccn1. The predicted molar refractivity (Wildman–Crippen MR) is 114 cm³/mol. The lowest BCUT2D eigenvalue weighted by molar-refractivity contribution is -0.141. The van der Waals surface area contributed by atoms with Crippen LogP contribution in [-0.2, 0) is 11.3 Å². The largest absolute Gasteiger partial charge is 0.480 e. The van der Waals surface area contributed by atoms with E-state index >= 15 is 0 Å². The van der Waals surface area contributed by atoms with Crippen molar-refractivity contribution in [3.63, 3.8) is 0 Å². The molecule has 0 radical (unpaired) electrons. The summed E-state index contributed by atoms with van der Waals surface area (Å²) in [6.07, 6.45) is 1.12. The van der Waals surface area contributed by atoms with Crippen LogP contribution in [0.2, 0.25) is 0 Å². The van der Waals surface area contributed by atoms with Crippen LogP contribution in [0.15, 0.2) is 83.5 Å². The number of nitrogens with zero attached hydrogens (tertiary/aromatic N) is 2. The molecule has 1 aromatic heterocycles. The molecule has 1 amide bonds. The van der Waals surface area contributed by atoms with Crippen LogP contribution in [0.5, 0.6) is 5.75 Å². The topological polar surface area (TPSA) is 42.4 Å². The van der Waals surface area contributed by atoms with E-state index in [1.165, 1.54) is 0 Å². The third kappa shape index (κ3) is 4.98. The summed E-state index contributed by atoms with van der Waals surface area (Å²) >= 11 is 3.47. The number of benzene rings is 2. The Morgan fingerprint density at radius 1 is 1.00 bits per heavy atom. The lowest BCUT2D eigenvalue weighted by Crippen LogP contribution is -2.41. The molecule has 3 rings (SSSR count). The highest BCUT2D eigenvalue weighted by atomic mass is 79.9. The number of hydrogen-bond acceptors (Lipinski definition) is 3. The summed E-state index contributed by atoms with van der Waals surface area (Å²) in [5.74, 6) is 0.561. The zero-order valence-electron chi connectivity index (χ0n) is 16.0. The van der Waals surface area contributed by atoms with Gasteiger partial charge in [0.1, 0.15) is 5.75 Å². The fourth-order valence-corrected chi connectivity index (χ4v) is 3.36. The number of pyridine rings is 1. The van der Waals surface area contributed by atoms with Crippen LogP contribution in [0.3, 0.4) is 0 Å². The summed E-state index contributed by atoms with van der Waals surface area (Å²) in [7, 11) is 0. The molecule has 3 aromatic rings. The maximum absolute atomic E-state index is 13.3. The van der Waals surface area contributed by atoms with E-state index < -0.39 is 6.10 Å². The van der Waals surface area contributed by atoms with Crippen molar-refractivity contribution in [1.82, 2.24) is 9.88 Å². The van der Waals surface area contributed by atoms with E-state index in [-0.39, 0.29) is 11.9 Å². The summed E-state index contributed by atoms with van der Waals surface area (Å²) in [5, 5.41) is 0. The summed E-state index contributed by atoms with van der Waals surface area (Å²) in [6.45, 7) is 4.26. The van der Waals surface area contributed by atoms with Gasteiger partial charge in [0.15, 0.2) is 6.10 Å². The highest BCUT2D eigenvalue weighted by Gasteiger charge is 2.28. The summed E-state index contributed by atoms with van der Waals surface area (Å²) in [4.78, 5) is 19.6. The second-order valence-corrected chi connectivity index (χ2v) is 7.43. The lowest BCUT2D eigenvalue weighted by Gasteiger charge is -2.31. The van der Waals surface area contributed by atoms with Crippen LogP contribution in [0.25, 0.3) is 0 Å². The van der Waals surface area contributed by atoms with E-state index in [0.29, 0.717) is 12.3 Å². The summed E-state index contributed by atoms with van der Waals surface area (Å²) < 4.78 is 6.77. The molecule has 0 aliphatic carbocycles. The molecule has 0 saturated heterocycles. The van der Waals surface area contributed by atoms with Crippen molar-refractivity contribution in [2.75, 3.05) is 0 Å². The molecule has 0 aliphatic rings. The van der Waals surface area contributed by atoms with Gasteiger partial charge in [0.25, 0.3) is 5.91 Å². The molecule has 144 valence electrons. The number of para-hydroxylation sites is 1. The third-order valence-corrected chi connectivity index (χ3v) is 5.21. The number of halogens is 1. The zero-order valence-corrected chi connectivity index (χ0v) is 17.5. The van der Waals surface area contributed by atoms with E-state index in [0.717, 1.165) is 15.7 Å². The fraction of sp³-hybridized carbons (Fsp3) is 0.217. The van der Waals surface area contributed by atoms with Crippen molar-refractivity contribution >= 4 is 21.8 Å². The first kappa shape index (κ1) is 20.1. The number of amides is 1. The number of rotatable bonds is 7. The Morgan fingerprint density at radius 2 is 1.68 bits per heavy atom. The second-order valence-electron chi connectivity index (χ2n) is 6.57. The fourth-order valence-electron chi connectivity index (χ4n) is 2.98. The maximum Gasteiger partial charge on any atom is 0.264 e. The minimum absolute atomic E-state index is 0.0854. The number of aromatic nitrogens is 1. The molecule has 0 bridgehead atoms. The summed E-state index contributed by atoms with van der Waals surface area (Å²) in [5.41, 5.74) is 1.91. The Bertz CT molecular complexity index is 903. The molecule has 0 spiro atoms. The van der Waals surface area contributed by atoms with Gasteiger partial charge in [-0.3, -0.25) is 9.78 Å². The molecule has 2 atom stereocenters. The van der Waals surface area contributed by atoms with Gasteiger partial charge in [0.05, 0.1) is 16.2 Å². The number of hydrogen-bond donors (Lipinski definition) is 0.